The minimum absolute atomic E-state index is 0.889. The fraction of sp³-hybridized carbons (Fsp3) is 0. The van der Waals surface area contributed by atoms with Crippen molar-refractivity contribution in [2.24, 2.45) is 0 Å². The average Bonchev–Trinajstić information content (AvgIpc) is 2.88. The SMILES string of the molecule is c1coc(-c2ccc3csnc3c2)c1. The lowest BCUT2D eigenvalue weighted by atomic mass is 10.1. The van der Waals surface area contributed by atoms with E-state index in [1.807, 2.05) is 23.6 Å². The van der Waals surface area contributed by atoms with Gasteiger partial charge in [-0.1, -0.05) is 12.1 Å². The maximum absolute atomic E-state index is 5.32. The number of rotatable bonds is 1. The maximum atomic E-state index is 5.32. The summed E-state index contributed by atoms with van der Waals surface area (Å²) in [5, 5.41) is 3.23. The van der Waals surface area contributed by atoms with E-state index in [0.717, 1.165) is 16.8 Å². The lowest BCUT2D eigenvalue weighted by Crippen LogP contribution is -1.73. The first-order chi connectivity index (χ1) is 6.93. The molecule has 3 heteroatoms. The molecule has 0 spiro atoms. The van der Waals surface area contributed by atoms with Crippen LogP contribution in [0.2, 0.25) is 0 Å². The zero-order chi connectivity index (χ0) is 9.38. The maximum Gasteiger partial charge on any atom is 0.133 e. The van der Waals surface area contributed by atoms with Crippen LogP contribution in [0.4, 0.5) is 0 Å². The molecule has 0 N–H and O–H groups in total. The quantitative estimate of drug-likeness (QED) is 0.601. The van der Waals surface area contributed by atoms with Gasteiger partial charge in [0.2, 0.25) is 0 Å². The summed E-state index contributed by atoms with van der Waals surface area (Å²) in [5.41, 5.74) is 2.11. The standard InChI is InChI=1S/C11H7NOS/c1-2-11(13-5-1)8-3-4-9-7-14-12-10(9)6-8/h1-7H. The molecule has 14 heavy (non-hydrogen) atoms. The fourth-order valence-electron chi connectivity index (χ4n) is 1.46. The van der Waals surface area contributed by atoms with Crippen molar-refractivity contribution in [1.82, 2.24) is 4.37 Å². The number of benzene rings is 1. The molecule has 0 saturated carbocycles. The molecule has 2 nitrogen and oxygen atoms in total. The zero-order valence-corrected chi connectivity index (χ0v) is 8.12. The third-order valence-corrected chi connectivity index (χ3v) is 2.83. The van der Waals surface area contributed by atoms with Crippen molar-refractivity contribution in [2.75, 3.05) is 0 Å². The first kappa shape index (κ1) is 7.76. The van der Waals surface area contributed by atoms with Crippen molar-refractivity contribution in [3.05, 3.63) is 42.0 Å². The third kappa shape index (κ3) is 1.14. The molecular formula is C11H7NOS. The molecular weight excluding hydrogens is 194 g/mol. The summed E-state index contributed by atoms with van der Waals surface area (Å²) >= 11 is 1.48. The van der Waals surface area contributed by atoms with Crippen LogP contribution in [-0.2, 0) is 0 Å². The van der Waals surface area contributed by atoms with Crippen LogP contribution in [0, 0.1) is 0 Å². The molecule has 0 aliphatic carbocycles. The topological polar surface area (TPSA) is 26.0 Å². The van der Waals surface area contributed by atoms with Crippen molar-refractivity contribution < 1.29 is 4.42 Å². The number of hydrogen-bond donors (Lipinski definition) is 0. The summed E-state index contributed by atoms with van der Waals surface area (Å²) in [7, 11) is 0. The normalized spacial score (nSPS) is 10.9. The molecule has 0 amide bonds. The molecule has 0 aliphatic heterocycles. The zero-order valence-electron chi connectivity index (χ0n) is 7.31. The monoisotopic (exact) mass is 201 g/mol. The second-order valence-corrected chi connectivity index (χ2v) is 3.69. The Bertz CT molecular complexity index is 553. The molecule has 0 atom stereocenters. The largest absolute Gasteiger partial charge is 0.464 e. The van der Waals surface area contributed by atoms with Gasteiger partial charge in [-0.25, -0.2) is 0 Å². The van der Waals surface area contributed by atoms with Crippen LogP contribution in [0.3, 0.4) is 0 Å². The molecule has 2 heterocycles. The van der Waals surface area contributed by atoms with Gasteiger partial charge in [0.05, 0.1) is 11.8 Å². The highest BCUT2D eigenvalue weighted by Crippen LogP contribution is 2.24. The Morgan fingerprint density at radius 2 is 2.21 bits per heavy atom. The second-order valence-electron chi connectivity index (χ2n) is 3.07. The first-order valence-corrected chi connectivity index (χ1v) is 5.15. The molecule has 0 radical (unpaired) electrons. The van der Waals surface area contributed by atoms with Gasteiger partial charge in [-0.3, -0.25) is 0 Å². The number of aromatic nitrogens is 1. The summed E-state index contributed by atoms with van der Waals surface area (Å²) in [6.45, 7) is 0. The summed E-state index contributed by atoms with van der Waals surface area (Å²) in [5.74, 6) is 0.889. The van der Waals surface area contributed by atoms with Crippen LogP contribution in [0.15, 0.2) is 46.4 Å². The Hall–Kier alpha value is -1.61. The predicted molar refractivity (Wildman–Crippen MR) is 57.3 cm³/mol. The first-order valence-electron chi connectivity index (χ1n) is 4.31. The highest BCUT2D eigenvalue weighted by atomic mass is 32.1. The molecule has 1 aromatic carbocycles. The summed E-state index contributed by atoms with van der Waals surface area (Å²) < 4.78 is 9.61. The number of fused-ring (bicyclic) bond motifs is 1. The summed E-state index contributed by atoms with van der Waals surface area (Å²) in [4.78, 5) is 0. The molecule has 0 unspecified atom stereocenters. The highest BCUT2D eigenvalue weighted by molar-refractivity contribution is 7.04. The van der Waals surface area contributed by atoms with E-state index in [1.54, 1.807) is 6.26 Å². The highest BCUT2D eigenvalue weighted by Gasteiger charge is 2.02. The van der Waals surface area contributed by atoms with E-state index >= 15 is 0 Å². The van der Waals surface area contributed by atoms with Gasteiger partial charge in [-0.05, 0) is 29.7 Å². The number of nitrogens with zero attached hydrogens (tertiary/aromatic N) is 1. The van der Waals surface area contributed by atoms with E-state index in [9.17, 15) is 0 Å². The van der Waals surface area contributed by atoms with Gasteiger partial charge in [0.25, 0.3) is 0 Å². The molecule has 0 fully saturated rings. The van der Waals surface area contributed by atoms with E-state index in [1.165, 1.54) is 16.9 Å². The smallest absolute Gasteiger partial charge is 0.133 e. The second kappa shape index (κ2) is 2.96. The molecule has 2 aromatic heterocycles. The van der Waals surface area contributed by atoms with Crippen molar-refractivity contribution in [1.29, 1.82) is 0 Å². The Labute approximate surface area is 85.0 Å². The van der Waals surface area contributed by atoms with Crippen molar-refractivity contribution in [3.63, 3.8) is 0 Å². The van der Waals surface area contributed by atoms with Crippen LogP contribution in [-0.4, -0.2) is 4.37 Å². The van der Waals surface area contributed by atoms with E-state index < -0.39 is 0 Å². The van der Waals surface area contributed by atoms with Crippen molar-refractivity contribution in [2.45, 2.75) is 0 Å². The van der Waals surface area contributed by atoms with E-state index in [4.69, 9.17) is 4.42 Å². The van der Waals surface area contributed by atoms with Gasteiger partial charge in [0.1, 0.15) is 5.76 Å². The molecule has 3 rings (SSSR count). The minimum atomic E-state index is 0.889. The van der Waals surface area contributed by atoms with Crippen molar-refractivity contribution >= 4 is 22.4 Å². The van der Waals surface area contributed by atoms with Crippen LogP contribution < -0.4 is 0 Å². The molecule has 3 aromatic rings. The molecule has 68 valence electrons. The summed E-state index contributed by atoms with van der Waals surface area (Å²) in [6, 6.07) is 10.0. The van der Waals surface area contributed by atoms with E-state index in [2.05, 4.69) is 16.5 Å². The number of hydrogen-bond acceptors (Lipinski definition) is 3. The minimum Gasteiger partial charge on any atom is -0.464 e. The Morgan fingerprint density at radius 1 is 1.21 bits per heavy atom. The predicted octanol–water partition coefficient (Wildman–Crippen LogP) is 3.56. The van der Waals surface area contributed by atoms with Gasteiger partial charge in [0.15, 0.2) is 0 Å². The molecule has 0 aliphatic rings. The Balaban J connectivity index is 2.23. The van der Waals surface area contributed by atoms with Gasteiger partial charge < -0.3 is 4.42 Å². The lowest BCUT2D eigenvalue weighted by Gasteiger charge is -1.95. The van der Waals surface area contributed by atoms with Crippen LogP contribution in [0.25, 0.3) is 22.2 Å². The average molecular weight is 201 g/mol. The van der Waals surface area contributed by atoms with Crippen LogP contribution >= 0.6 is 11.5 Å². The molecule has 0 bridgehead atoms. The summed E-state index contributed by atoms with van der Waals surface area (Å²) in [6.07, 6.45) is 1.68. The molecule has 0 saturated heterocycles. The Morgan fingerprint density at radius 3 is 3.07 bits per heavy atom. The van der Waals surface area contributed by atoms with Crippen molar-refractivity contribution in [3.8, 4) is 11.3 Å². The van der Waals surface area contributed by atoms with Gasteiger partial charge in [-0.2, -0.15) is 4.37 Å². The Kier molecular flexibility index (Phi) is 1.64. The van der Waals surface area contributed by atoms with Crippen LogP contribution in [0.1, 0.15) is 0 Å². The van der Waals surface area contributed by atoms with Gasteiger partial charge in [-0.15, -0.1) is 0 Å². The van der Waals surface area contributed by atoms with Crippen LogP contribution in [0.5, 0.6) is 0 Å². The van der Waals surface area contributed by atoms with Gasteiger partial charge >= 0.3 is 0 Å². The fourth-order valence-corrected chi connectivity index (χ4v) is 2.10. The third-order valence-electron chi connectivity index (χ3n) is 2.17. The van der Waals surface area contributed by atoms with E-state index in [-0.39, 0.29) is 0 Å². The lowest BCUT2D eigenvalue weighted by molar-refractivity contribution is 0.582. The van der Waals surface area contributed by atoms with E-state index in [0.29, 0.717) is 0 Å². The van der Waals surface area contributed by atoms with Gasteiger partial charge in [0, 0.05) is 16.3 Å². The number of furan rings is 1.